The Bertz CT molecular complexity index is 157. The van der Waals surface area contributed by atoms with E-state index in [2.05, 4.69) is 6.92 Å². The molecule has 0 aromatic rings. The van der Waals surface area contributed by atoms with Crippen LogP contribution in [0.3, 0.4) is 0 Å². The number of rotatable bonds is 5. The van der Waals surface area contributed by atoms with Crippen molar-refractivity contribution in [3.63, 3.8) is 0 Å². The van der Waals surface area contributed by atoms with Crippen LogP contribution in [-0.4, -0.2) is 5.78 Å². The van der Waals surface area contributed by atoms with Crippen molar-refractivity contribution in [3.8, 4) is 6.07 Å². The third-order valence-electron chi connectivity index (χ3n) is 1.88. The van der Waals surface area contributed by atoms with Gasteiger partial charge in [0.05, 0.1) is 0 Å². The molecule has 2 heteroatoms. The lowest BCUT2D eigenvalue weighted by Crippen LogP contribution is -2.10. The molecule has 0 aliphatic rings. The maximum Gasteiger partial charge on any atom is 0.234 e. The van der Waals surface area contributed by atoms with Crippen LogP contribution >= 0.6 is 0 Å². The Morgan fingerprint density at radius 3 is 2.55 bits per heavy atom. The molecule has 0 radical (unpaired) electrons. The summed E-state index contributed by atoms with van der Waals surface area (Å²) in [5, 5.41) is 8.34. The molecule has 0 saturated carbocycles. The molecule has 0 aliphatic heterocycles. The van der Waals surface area contributed by atoms with Crippen molar-refractivity contribution in [2.24, 2.45) is 5.92 Å². The number of carbonyl (C=O) groups excluding carboxylic acids is 1. The van der Waals surface area contributed by atoms with E-state index in [9.17, 15) is 4.79 Å². The maximum absolute atomic E-state index is 10.9. The fraction of sp³-hybridized carbons (Fsp3) is 0.778. The summed E-state index contributed by atoms with van der Waals surface area (Å²) in [6.07, 6.45) is 3.81. The zero-order valence-electron chi connectivity index (χ0n) is 7.26. The van der Waals surface area contributed by atoms with Crippen LogP contribution in [0.1, 0.15) is 39.5 Å². The van der Waals surface area contributed by atoms with Gasteiger partial charge in [-0.3, -0.25) is 4.79 Å². The van der Waals surface area contributed by atoms with E-state index in [1.54, 1.807) is 6.07 Å². The minimum absolute atomic E-state index is 0.0139. The Morgan fingerprint density at radius 2 is 2.18 bits per heavy atom. The first-order valence-corrected chi connectivity index (χ1v) is 4.20. The van der Waals surface area contributed by atoms with Gasteiger partial charge >= 0.3 is 0 Å². The molecule has 0 bridgehead atoms. The first-order chi connectivity index (χ1) is 5.26. The van der Waals surface area contributed by atoms with Crippen LogP contribution in [0, 0.1) is 17.2 Å². The molecule has 0 aromatic heterocycles. The SMILES string of the molecule is CCCCC(CC)C(=O)C#N. The van der Waals surface area contributed by atoms with Crippen molar-refractivity contribution >= 4 is 5.78 Å². The lowest BCUT2D eigenvalue weighted by atomic mass is 9.96. The lowest BCUT2D eigenvalue weighted by molar-refractivity contribution is -0.117. The number of Topliss-reactive ketones (excluding diaryl/α,β-unsaturated/α-hetero) is 1. The monoisotopic (exact) mass is 153 g/mol. The highest BCUT2D eigenvalue weighted by molar-refractivity contribution is 5.95. The molecular formula is C9H15NO. The third kappa shape index (κ3) is 3.77. The van der Waals surface area contributed by atoms with Crippen LogP contribution in [0.25, 0.3) is 0 Å². The number of carbonyl (C=O) groups is 1. The fourth-order valence-electron chi connectivity index (χ4n) is 1.06. The number of hydrogen-bond acceptors (Lipinski definition) is 2. The summed E-state index contributed by atoms with van der Waals surface area (Å²) in [6, 6.07) is 1.69. The van der Waals surface area contributed by atoms with Crippen molar-refractivity contribution in [3.05, 3.63) is 0 Å². The summed E-state index contributed by atoms with van der Waals surface area (Å²) in [6.45, 7) is 4.04. The second-order valence-electron chi connectivity index (χ2n) is 2.72. The van der Waals surface area contributed by atoms with Gasteiger partial charge in [0.15, 0.2) is 0 Å². The van der Waals surface area contributed by atoms with Gasteiger partial charge in [-0.15, -0.1) is 0 Å². The summed E-state index contributed by atoms with van der Waals surface area (Å²) in [5.41, 5.74) is 0. The molecule has 0 aromatic carbocycles. The van der Waals surface area contributed by atoms with E-state index in [0.29, 0.717) is 0 Å². The maximum atomic E-state index is 10.9. The van der Waals surface area contributed by atoms with Crippen molar-refractivity contribution in [1.29, 1.82) is 5.26 Å². The van der Waals surface area contributed by atoms with Gasteiger partial charge < -0.3 is 0 Å². The summed E-state index contributed by atoms with van der Waals surface area (Å²) in [4.78, 5) is 10.9. The second-order valence-corrected chi connectivity index (χ2v) is 2.72. The highest BCUT2D eigenvalue weighted by Crippen LogP contribution is 2.12. The molecule has 2 nitrogen and oxygen atoms in total. The first kappa shape index (κ1) is 10.2. The van der Waals surface area contributed by atoms with Crippen LogP contribution in [0.2, 0.25) is 0 Å². The lowest BCUT2D eigenvalue weighted by Gasteiger charge is -2.06. The Labute approximate surface area is 68.2 Å². The van der Waals surface area contributed by atoms with Crippen LogP contribution < -0.4 is 0 Å². The summed E-state index contributed by atoms with van der Waals surface area (Å²) < 4.78 is 0. The third-order valence-corrected chi connectivity index (χ3v) is 1.88. The molecule has 0 heterocycles. The standard InChI is InChI=1S/C9H15NO/c1-3-5-6-8(4-2)9(11)7-10/h8H,3-6H2,1-2H3. The topological polar surface area (TPSA) is 40.9 Å². The van der Waals surface area contributed by atoms with E-state index in [1.165, 1.54) is 0 Å². The van der Waals surface area contributed by atoms with Gasteiger partial charge in [-0.2, -0.15) is 5.26 Å². The number of ketones is 1. The van der Waals surface area contributed by atoms with Crippen LogP contribution in [0.4, 0.5) is 0 Å². The minimum atomic E-state index is -0.249. The molecule has 11 heavy (non-hydrogen) atoms. The van der Waals surface area contributed by atoms with Crippen molar-refractivity contribution in [2.45, 2.75) is 39.5 Å². The van der Waals surface area contributed by atoms with Crippen molar-refractivity contribution in [2.75, 3.05) is 0 Å². The molecular weight excluding hydrogens is 138 g/mol. The number of nitrogens with zero attached hydrogens (tertiary/aromatic N) is 1. The van der Waals surface area contributed by atoms with Gasteiger partial charge in [-0.25, -0.2) is 0 Å². The Hall–Kier alpha value is -0.840. The highest BCUT2D eigenvalue weighted by atomic mass is 16.1. The van der Waals surface area contributed by atoms with E-state index in [-0.39, 0.29) is 11.7 Å². The predicted octanol–water partition coefficient (Wildman–Crippen LogP) is 2.30. The van der Waals surface area contributed by atoms with Gasteiger partial charge in [0.25, 0.3) is 0 Å². The van der Waals surface area contributed by atoms with Gasteiger partial charge in [-0.05, 0) is 12.8 Å². The molecule has 0 saturated heterocycles. The summed E-state index contributed by atoms with van der Waals surface area (Å²) in [7, 11) is 0. The molecule has 0 aliphatic carbocycles. The Balaban J connectivity index is 3.77. The average Bonchev–Trinajstić information content (AvgIpc) is 2.05. The molecule has 0 N–H and O–H groups in total. The van der Waals surface area contributed by atoms with Crippen LogP contribution in [-0.2, 0) is 4.79 Å². The highest BCUT2D eigenvalue weighted by Gasteiger charge is 2.14. The molecule has 0 fully saturated rings. The van der Waals surface area contributed by atoms with Crippen molar-refractivity contribution < 1.29 is 4.79 Å². The van der Waals surface area contributed by atoms with Crippen LogP contribution in [0.5, 0.6) is 0 Å². The van der Waals surface area contributed by atoms with Gasteiger partial charge in [0.1, 0.15) is 6.07 Å². The quantitative estimate of drug-likeness (QED) is 0.568. The van der Waals surface area contributed by atoms with Gasteiger partial charge in [0, 0.05) is 5.92 Å². The minimum Gasteiger partial charge on any atom is -0.282 e. The average molecular weight is 153 g/mol. The zero-order chi connectivity index (χ0) is 8.69. The normalized spacial score (nSPS) is 12.1. The predicted molar refractivity (Wildman–Crippen MR) is 43.9 cm³/mol. The molecule has 62 valence electrons. The van der Waals surface area contributed by atoms with E-state index in [4.69, 9.17) is 5.26 Å². The Kier molecular flexibility index (Phi) is 5.46. The summed E-state index contributed by atoms with van der Waals surface area (Å²) >= 11 is 0. The summed E-state index contributed by atoms with van der Waals surface area (Å²) in [5.74, 6) is -0.263. The molecule has 0 amide bonds. The fourth-order valence-corrected chi connectivity index (χ4v) is 1.06. The largest absolute Gasteiger partial charge is 0.282 e. The smallest absolute Gasteiger partial charge is 0.234 e. The van der Waals surface area contributed by atoms with E-state index in [1.807, 2.05) is 6.92 Å². The Morgan fingerprint density at radius 1 is 1.55 bits per heavy atom. The number of nitriles is 1. The van der Waals surface area contributed by atoms with E-state index >= 15 is 0 Å². The van der Waals surface area contributed by atoms with E-state index in [0.717, 1.165) is 25.7 Å². The number of unbranched alkanes of at least 4 members (excludes halogenated alkanes) is 1. The number of hydrogen-bond donors (Lipinski definition) is 0. The second kappa shape index (κ2) is 5.91. The molecule has 1 unspecified atom stereocenters. The van der Waals surface area contributed by atoms with Crippen LogP contribution in [0.15, 0.2) is 0 Å². The molecule has 0 rings (SSSR count). The van der Waals surface area contributed by atoms with Gasteiger partial charge in [0.2, 0.25) is 5.78 Å². The molecule has 1 atom stereocenters. The molecule has 0 spiro atoms. The van der Waals surface area contributed by atoms with Crippen molar-refractivity contribution in [1.82, 2.24) is 0 Å². The van der Waals surface area contributed by atoms with Gasteiger partial charge in [-0.1, -0.05) is 26.7 Å². The zero-order valence-corrected chi connectivity index (χ0v) is 7.26. The van der Waals surface area contributed by atoms with E-state index < -0.39 is 0 Å². The first-order valence-electron chi connectivity index (χ1n) is 4.20.